The lowest BCUT2D eigenvalue weighted by Gasteiger charge is -2.30. The van der Waals surface area contributed by atoms with E-state index in [0.717, 1.165) is 10.5 Å². The molecule has 0 aromatic carbocycles. The summed E-state index contributed by atoms with van der Waals surface area (Å²) in [5.74, 6) is 0. The standard InChI is InChI=1S/C10H26NO2Si.ClH/c1-7-11(2,3)9-8-10-14(6,12-4)13-5;/h7-10H2,1-6H3;1H/q+1;/p-1. The van der Waals surface area contributed by atoms with Crippen molar-refractivity contribution in [1.82, 2.24) is 0 Å². The zero-order valence-corrected chi connectivity index (χ0v) is 12.7. The maximum atomic E-state index is 5.45. The molecule has 0 heterocycles. The Morgan fingerprint density at radius 3 is 1.93 bits per heavy atom. The fourth-order valence-electron chi connectivity index (χ4n) is 1.27. The van der Waals surface area contributed by atoms with Gasteiger partial charge in [-0.05, 0) is 25.9 Å². The van der Waals surface area contributed by atoms with Gasteiger partial charge in [0.25, 0.3) is 0 Å². The monoisotopic (exact) mass is 255 g/mol. The minimum Gasteiger partial charge on any atom is -1.00 e. The summed E-state index contributed by atoms with van der Waals surface area (Å²) in [6, 6.07) is 1.08. The summed E-state index contributed by atoms with van der Waals surface area (Å²) in [5.41, 5.74) is 0. The lowest BCUT2D eigenvalue weighted by atomic mass is 10.4. The van der Waals surface area contributed by atoms with Gasteiger partial charge in [-0.3, -0.25) is 0 Å². The first kappa shape index (κ1) is 17.8. The van der Waals surface area contributed by atoms with Crippen LogP contribution in [0.25, 0.3) is 0 Å². The van der Waals surface area contributed by atoms with Gasteiger partial charge in [-0.25, -0.2) is 0 Å². The Morgan fingerprint density at radius 1 is 1.13 bits per heavy atom. The van der Waals surface area contributed by atoms with Crippen LogP contribution in [-0.4, -0.2) is 54.4 Å². The smallest absolute Gasteiger partial charge is 0.334 e. The highest BCUT2D eigenvalue weighted by atomic mass is 35.5. The molecule has 94 valence electrons. The highest BCUT2D eigenvalue weighted by Crippen LogP contribution is 2.14. The van der Waals surface area contributed by atoms with E-state index in [2.05, 4.69) is 27.6 Å². The zero-order chi connectivity index (χ0) is 11.2. The van der Waals surface area contributed by atoms with E-state index in [0.29, 0.717) is 0 Å². The molecule has 0 unspecified atom stereocenters. The fourth-order valence-corrected chi connectivity index (χ4v) is 2.65. The minimum atomic E-state index is -1.82. The first-order chi connectivity index (χ1) is 6.39. The van der Waals surface area contributed by atoms with Crippen LogP contribution >= 0.6 is 0 Å². The number of quaternary nitrogens is 1. The van der Waals surface area contributed by atoms with Gasteiger partial charge >= 0.3 is 8.56 Å². The van der Waals surface area contributed by atoms with E-state index >= 15 is 0 Å². The molecule has 3 nitrogen and oxygen atoms in total. The Bertz CT molecular complexity index is 164. The summed E-state index contributed by atoms with van der Waals surface area (Å²) in [4.78, 5) is 0. The molecule has 0 atom stereocenters. The van der Waals surface area contributed by atoms with E-state index in [1.54, 1.807) is 14.2 Å². The van der Waals surface area contributed by atoms with Crippen molar-refractivity contribution in [3.05, 3.63) is 0 Å². The molecule has 0 rings (SSSR count). The Kier molecular flexibility index (Phi) is 9.04. The van der Waals surface area contributed by atoms with Gasteiger partial charge < -0.3 is 25.7 Å². The normalized spacial score (nSPS) is 12.4. The van der Waals surface area contributed by atoms with E-state index in [-0.39, 0.29) is 12.4 Å². The lowest BCUT2D eigenvalue weighted by Crippen LogP contribution is -3.00. The van der Waals surface area contributed by atoms with E-state index in [4.69, 9.17) is 8.85 Å². The third-order valence-electron chi connectivity index (χ3n) is 3.11. The van der Waals surface area contributed by atoms with E-state index < -0.39 is 8.56 Å². The van der Waals surface area contributed by atoms with E-state index in [9.17, 15) is 0 Å². The molecule has 0 aliphatic carbocycles. The minimum absolute atomic E-state index is 0. The molecule has 0 radical (unpaired) electrons. The Hall–Kier alpha value is 0.387. The second-order valence-corrected chi connectivity index (χ2v) is 8.21. The van der Waals surface area contributed by atoms with Crippen molar-refractivity contribution in [3.63, 3.8) is 0 Å². The van der Waals surface area contributed by atoms with E-state index in [1.165, 1.54) is 19.5 Å². The third-order valence-corrected chi connectivity index (χ3v) is 6.10. The predicted octanol–water partition coefficient (Wildman–Crippen LogP) is -1.16. The Morgan fingerprint density at radius 2 is 1.60 bits per heavy atom. The summed E-state index contributed by atoms with van der Waals surface area (Å²) >= 11 is 0. The SMILES string of the molecule is CC[N+](C)(C)CCC[Si](C)(OC)OC.[Cl-]. The van der Waals surface area contributed by atoms with Crippen molar-refractivity contribution in [3.8, 4) is 0 Å². The van der Waals surface area contributed by atoms with Crippen molar-refractivity contribution in [2.45, 2.75) is 25.9 Å². The van der Waals surface area contributed by atoms with Crippen LogP contribution in [0.15, 0.2) is 0 Å². The largest absolute Gasteiger partial charge is 1.00 e. The molecule has 0 fully saturated rings. The zero-order valence-electron chi connectivity index (χ0n) is 11.0. The molecule has 0 spiro atoms. The van der Waals surface area contributed by atoms with Gasteiger partial charge in [0.2, 0.25) is 0 Å². The topological polar surface area (TPSA) is 18.5 Å². The van der Waals surface area contributed by atoms with Crippen LogP contribution in [0.3, 0.4) is 0 Å². The second kappa shape index (κ2) is 7.63. The molecular formula is C10H26ClNO2Si. The first-order valence-corrected chi connectivity index (χ1v) is 7.84. The molecule has 0 aliphatic rings. The van der Waals surface area contributed by atoms with Gasteiger partial charge in [-0.15, -0.1) is 0 Å². The van der Waals surface area contributed by atoms with Crippen LogP contribution in [0.2, 0.25) is 12.6 Å². The summed E-state index contributed by atoms with van der Waals surface area (Å²) < 4.78 is 12.0. The van der Waals surface area contributed by atoms with Crippen LogP contribution in [0.1, 0.15) is 13.3 Å². The molecule has 0 bridgehead atoms. The number of halogens is 1. The van der Waals surface area contributed by atoms with E-state index in [1.807, 2.05) is 0 Å². The maximum absolute atomic E-state index is 5.45. The number of hydrogen-bond acceptors (Lipinski definition) is 2. The molecule has 0 amide bonds. The van der Waals surface area contributed by atoms with Crippen molar-refractivity contribution in [1.29, 1.82) is 0 Å². The summed E-state index contributed by atoms with van der Waals surface area (Å²) in [6.07, 6.45) is 1.19. The summed E-state index contributed by atoms with van der Waals surface area (Å²) in [5, 5.41) is 0. The summed E-state index contributed by atoms with van der Waals surface area (Å²) in [7, 11) is 6.22. The molecule has 0 saturated heterocycles. The summed E-state index contributed by atoms with van der Waals surface area (Å²) in [6.45, 7) is 6.73. The second-order valence-electron chi connectivity index (χ2n) is 4.62. The van der Waals surface area contributed by atoms with Crippen molar-refractivity contribution < 1.29 is 25.7 Å². The molecule has 15 heavy (non-hydrogen) atoms. The third kappa shape index (κ3) is 7.30. The van der Waals surface area contributed by atoms with Crippen LogP contribution in [0.5, 0.6) is 0 Å². The van der Waals surface area contributed by atoms with Gasteiger partial charge in [0.05, 0.1) is 27.2 Å². The van der Waals surface area contributed by atoms with Crippen molar-refractivity contribution >= 4 is 8.56 Å². The highest BCUT2D eigenvalue weighted by molar-refractivity contribution is 6.65. The Labute approximate surface area is 102 Å². The molecule has 5 heteroatoms. The van der Waals surface area contributed by atoms with Gasteiger partial charge in [-0.1, -0.05) is 0 Å². The first-order valence-electron chi connectivity index (χ1n) is 5.31. The predicted molar refractivity (Wildman–Crippen MR) is 62.6 cm³/mol. The van der Waals surface area contributed by atoms with Gasteiger partial charge in [0.1, 0.15) is 0 Å². The van der Waals surface area contributed by atoms with Crippen molar-refractivity contribution in [2.75, 3.05) is 41.4 Å². The molecule has 0 saturated carbocycles. The lowest BCUT2D eigenvalue weighted by molar-refractivity contribution is -0.888. The fraction of sp³-hybridized carbons (Fsp3) is 1.00. The quantitative estimate of drug-likeness (QED) is 0.422. The van der Waals surface area contributed by atoms with Crippen molar-refractivity contribution in [2.24, 2.45) is 0 Å². The van der Waals surface area contributed by atoms with Gasteiger partial charge in [0, 0.05) is 14.2 Å². The number of nitrogens with zero attached hydrogens (tertiary/aromatic N) is 1. The maximum Gasteiger partial charge on any atom is 0.334 e. The van der Waals surface area contributed by atoms with Crippen LogP contribution in [-0.2, 0) is 8.85 Å². The van der Waals surface area contributed by atoms with Gasteiger partial charge in [0.15, 0.2) is 0 Å². The van der Waals surface area contributed by atoms with Crippen LogP contribution in [0.4, 0.5) is 0 Å². The number of hydrogen-bond donors (Lipinski definition) is 0. The molecule has 0 aromatic heterocycles. The Balaban J connectivity index is 0. The number of rotatable bonds is 7. The van der Waals surface area contributed by atoms with Crippen LogP contribution < -0.4 is 12.4 Å². The van der Waals surface area contributed by atoms with Gasteiger partial charge in [-0.2, -0.15) is 0 Å². The highest BCUT2D eigenvalue weighted by Gasteiger charge is 2.29. The van der Waals surface area contributed by atoms with Crippen LogP contribution in [0, 0.1) is 0 Å². The molecular weight excluding hydrogens is 230 g/mol. The molecule has 0 N–H and O–H groups in total. The molecule has 0 aromatic rings. The molecule has 0 aliphatic heterocycles. The average Bonchev–Trinajstić information content (AvgIpc) is 2.17. The average molecular weight is 256 g/mol.